The molecule has 0 atom stereocenters. The van der Waals surface area contributed by atoms with E-state index in [1.807, 2.05) is 0 Å². The summed E-state index contributed by atoms with van der Waals surface area (Å²) in [5, 5.41) is 0. The van der Waals surface area contributed by atoms with E-state index in [0.717, 1.165) is 0 Å². The van der Waals surface area contributed by atoms with E-state index < -0.39 is 6.36 Å². The van der Waals surface area contributed by atoms with Gasteiger partial charge in [0.05, 0.1) is 4.47 Å². The molecule has 0 bridgehead atoms. The molecular weight excluding hydrogens is 409 g/mol. The van der Waals surface area contributed by atoms with Gasteiger partial charge in [-0.05, 0) is 62.2 Å². The number of hydrogen-bond donors (Lipinski definition) is 0. The summed E-state index contributed by atoms with van der Waals surface area (Å²) in [5.41, 5.74) is 0. The number of ether oxygens (including phenoxy) is 2. The highest BCUT2D eigenvalue weighted by molar-refractivity contribution is 9.10. The van der Waals surface area contributed by atoms with Gasteiger partial charge in [0, 0.05) is 0 Å². The Labute approximate surface area is 128 Å². The van der Waals surface area contributed by atoms with Crippen molar-refractivity contribution in [2.75, 3.05) is 0 Å². The van der Waals surface area contributed by atoms with Crippen molar-refractivity contribution in [2.45, 2.75) is 13.0 Å². The molecule has 0 saturated heterocycles. The molecule has 0 aliphatic carbocycles. The Kier molecular flexibility index (Phi) is 4.64. The fraction of sp³-hybridized carbons (Fsp3) is 0.167. The van der Waals surface area contributed by atoms with E-state index in [-0.39, 0.29) is 16.8 Å². The van der Waals surface area contributed by atoms with Gasteiger partial charge in [0.25, 0.3) is 0 Å². The van der Waals surface area contributed by atoms with E-state index in [9.17, 15) is 13.2 Å². The van der Waals surface area contributed by atoms with Gasteiger partial charge in [-0.3, -0.25) is 0 Å². The van der Waals surface area contributed by atoms with Crippen LogP contribution in [0.15, 0.2) is 43.9 Å². The number of alkyl halides is 3. The molecule has 0 saturated carbocycles. The smallest absolute Gasteiger partial charge is 0.486 e. The second-order valence-corrected chi connectivity index (χ2v) is 5.27. The lowest BCUT2D eigenvalue weighted by molar-refractivity contribution is -0.274. The van der Waals surface area contributed by atoms with Crippen molar-refractivity contribution in [2.24, 2.45) is 0 Å². The van der Waals surface area contributed by atoms with Gasteiger partial charge in [0.15, 0.2) is 4.67 Å². The van der Waals surface area contributed by atoms with Crippen molar-refractivity contribution < 1.29 is 27.1 Å². The Bertz CT molecular complexity index is 596. The quantitative estimate of drug-likeness (QED) is 0.680. The largest absolute Gasteiger partial charge is 0.573 e. The van der Waals surface area contributed by atoms with Crippen molar-refractivity contribution in [3.8, 4) is 11.5 Å². The second kappa shape index (κ2) is 6.09. The van der Waals surface area contributed by atoms with Crippen LogP contribution in [0, 0.1) is 0 Å². The summed E-state index contributed by atoms with van der Waals surface area (Å²) in [7, 11) is 0. The van der Waals surface area contributed by atoms with Gasteiger partial charge in [-0.15, -0.1) is 13.2 Å². The first-order chi connectivity index (χ1) is 9.33. The summed E-state index contributed by atoms with van der Waals surface area (Å²) >= 11 is 6.15. The van der Waals surface area contributed by atoms with Gasteiger partial charge in [-0.25, -0.2) is 0 Å². The van der Waals surface area contributed by atoms with E-state index in [1.165, 1.54) is 18.2 Å². The molecule has 0 fully saturated rings. The number of rotatable bonds is 4. The van der Waals surface area contributed by atoms with Crippen LogP contribution in [0.1, 0.15) is 5.76 Å². The Morgan fingerprint density at radius 2 is 1.85 bits per heavy atom. The standard InChI is InChI=1S/C12H7Br2F3O3/c13-9-5-7(1-3-10(9)20-12(15,16)17)18-6-8-2-4-11(14)19-8/h1-5H,6H2. The van der Waals surface area contributed by atoms with Crippen molar-refractivity contribution in [3.63, 3.8) is 0 Å². The predicted molar refractivity (Wildman–Crippen MR) is 71.6 cm³/mol. The maximum Gasteiger partial charge on any atom is 0.573 e. The molecular formula is C12H7Br2F3O3. The lowest BCUT2D eigenvalue weighted by Gasteiger charge is -2.11. The minimum atomic E-state index is -4.73. The molecule has 3 nitrogen and oxygen atoms in total. The SMILES string of the molecule is FC(F)(F)Oc1ccc(OCc2ccc(Br)o2)cc1Br. The zero-order valence-electron chi connectivity index (χ0n) is 9.71. The summed E-state index contributed by atoms with van der Waals surface area (Å²) in [5.74, 6) is 0.646. The molecule has 1 heterocycles. The highest BCUT2D eigenvalue weighted by Gasteiger charge is 2.31. The van der Waals surface area contributed by atoms with Crippen molar-refractivity contribution in [1.82, 2.24) is 0 Å². The number of benzene rings is 1. The van der Waals surface area contributed by atoms with Crippen LogP contribution in [0.5, 0.6) is 11.5 Å². The van der Waals surface area contributed by atoms with Crippen molar-refractivity contribution >= 4 is 31.9 Å². The van der Waals surface area contributed by atoms with E-state index >= 15 is 0 Å². The van der Waals surface area contributed by atoms with Crippen LogP contribution >= 0.6 is 31.9 Å². The van der Waals surface area contributed by atoms with Crippen LogP contribution in [-0.4, -0.2) is 6.36 Å². The van der Waals surface area contributed by atoms with Crippen molar-refractivity contribution in [1.29, 1.82) is 0 Å². The molecule has 1 aromatic carbocycles. The first-order valence-electron chi connectivity index (χ1n) is 5.26. The maximum atomic E-state index is 12.1. The van der Waals surface area contributed by atoms with Crippen LogP contribution in [-0.2, 0) is 6.61 Å². The zero-order chi connectivity index (χ0) is 14.8. The lowest BCUT2D eigenvalue weighted by atomic mass is 10.3. The maximum absolute atomic E-state index is 12.1. The van der Waals surface area contributed by atoms with Crippen LogP contribution < -0.4 is 9.47 Å². The van der Waals surface area contributed by atoms with Gasteiger partial charge in [0.1, 0.15) is 23.9 Å². The van der Waals surface area contributed by atoms with Crippen LogP contribution in [0.25, 0.3) is 0 Å². The molecule has 2 rings (SSSR count). The fourth-order valence-corrected chi connectivity index (χ4v) is 2.14. The number of furan rings is 1. The van der Waals surface area contributed by atoms with Gasteiger partial charge in [-0.2, -0.15) is 0 Å². The highest BCUT2D eigenvalue weighted by Crippen LogP contribution is 2.33. The number of hydrogen-bond acceptors (Lipinski definition) is 3. The first-order valence-corrected chi connectivity index (χ1v) is 6.84. The average molecular weight is 416 g/mol. The van der Waals surface area contributed by atoms with Crippen LogP contribution in [0.2, 0.25) is 0 Å². The molecule has 1 aromatic heterocycles. The molecule has 0 amide bonds. The topological polar surface area (TPSA) is 31.6 Å². The Hall–Kier alpha value is -1.15. The monoisotopic (exact) mass is 414 g/mol. The summed E-state index contributed by atoms with van der Waals surface area (Å²) in [6.45, 7) is 0.164. The lowest BCUT2D eigenvalue weighted by Crippen LogP contribution is -2.17. The zero-order valence-corrected chi connectivity index (χ0v) is 12.9. The van der Waals surface area contributed by atoms with E-state index in [4.69, 9.17) is 9.15 Å². The predicted octanol–water partition coefficient (Wildman–Crippen LogP) is 5.28. The Morgan fingerprint density at radius 3 is 2.40 bits per heavy atom. The summed E-state index contributed by atoms with van der Waals surface area (Å²) in [6, 6.07) is 7.38. The molecule has 0 aliphatic rings. The molecule has 0 N–H and O–H groups in total. The second-order valence-electron chi connectivity index (χ2n) is 3.63. The first kappa shape index (κ1) is 15.2. The summed E-state index contributed by atoms with van der Waals surface area (Å²) in [6.07, 6.45) is -4.73. The molecule has 0 spiro atoms. The van der Waals surface area contributed by atoms with E-state index in [0.29, 0.717) is 16.2 Å². The van der Waals surface area contributed by atoms with E-state index in [1.54, 1.807) is 12.1 Å². The van der Waals surface area contributed by atoms with Gasteiger partial charge in [0.2, 0.25) is 0 Å². The minimum Gasteiger partial charge on any atom is -0.486 e. The Balaban J connectivity index is 2.01. The van der Waals surface area contributed by atoms with Gasteiger partial charge >= 0.3 is 6.36 Å². The normalized spacial score (nSPS) is 11.4. The van der Waals surface area contributed by atoms with Gasteiger partial charge in [-0.1, -0.05) is 0 Å². The van der Waals surface area contributed by atoms with Crippen LogP contribution in [0.3, 0.4) is 0 Å². The molecule has 0 aliphatic heterocycles. The average Bonchev–Trinajstić information content (AvgIpc) is 2.74. The van der Waals surface area contributed by atoms with Crippen molar-refractivity contribution in [3.05, 3.63) is 45.2 Å². The summed E-state index contributed by atoms with van der Waals surface area (Å²) < 4.78 is 51.5. The fourth-order valence-electron chi connectivity index (χ4n) is 1.36. The molecule has 20 heavy (non-hydrogen) atoms. The Morgan fingerprint density at radius 1 is 1.10 bits per heavy atom. The third-order valence-corrected chi connectivity index (χ3v) is 3.18. The molecule has 0 unspecified atom stereocenters. The third-order valence-electron chi connectivity index (χ3n) is 2.14. The van der Waals surface area contributed by atoms with Crippen LogP contribution in [0.4, 0.5) is 13.2 Å². The number of halogens is 5. The summed E-state index contributed by atoms with van der Waals surface area (Å²) in [4.78, 5) is 0. The molecule has 108 valence electrons. The highest BCUT2D eigenvalue weighted by atomic mass is 79.9. The van der Waals surface area contributed by atoms with E-state index in [2.05, 4.69) is 36.6 Å². The minimum absolute atomic E-state index is 0.146. The molecule has 2 aromatic rings. The molecule has 8 heteroatoms. The van der Waals surface area contributed by atoms with Gasteiger partial charge < -0.3 is 13.9 Å². The third kappa shape index (κ3) is 4.45. The molecule has 0 radical (unpaired) electrons.